The molecule has 1 aromatic carbocycles. The van der Waals surface area contributed by atoms with Gasteiger partial charge in [0.25, 0.3) is 0 Å². The molecule has 1 rings (SSSR count). The van der Waals surface area contributed by atoms with Gasteiger partial charge in [-0.25, -0.2) is 0 Å². The Labute approximate surface area is 90.8 Å². The summed E-state index contributed by atoms with van der Waals surface area (Å²) in [6.07, 6.45) is -0.0752. The number of nitrogens with two attached hydrogens (primary N) is 1. The van der Waals surface area contributed by atoms with Crippen LogP contribution in [0.3, 0.4) is 0 Å². The number of nitrogen functional groups attached to an aromatic ring is 1. The number of anilines is 1. The summed E-state index contributed by atoms with van der Waals surface area (Å²) >= 11 is 11.0. The van der Waals surface area contributed by atoms with E-state index >= 15 is 0 Å². The van der Waals surface area contributed by atoms with Crippen molar-refractivity contribution in [2.24, 2.45) is 0 Å². The maximum atomic E-state index is 10.4. The first kappa shape index (κ1) is 11.1. The SMILES string of the molecule is Nc1cccc(CC(Cl)(Cl)[N+](=O)[O-])c1. The van der Waals surface area contributed by atoms with Crippen molar-refractivity contribution >= 4 is 28.9 Å². The van der Waals surface area contributed by atoms with Crippen LogP contribution in [0.1, 0.15) is 5.56 Å². The lowest BCUT2D eigenvalue weighted by atomic mass is 10.1. The van der Waals surface area contributed by atoms with Gasteiger partial charge in [0, 0.05) is 5.69 Å². The molecule has 0 heterocycles. The van der Waals surface area contributed by atoms with Gasteiger partial charge in [-0.05, 0) is 40.9 Å². The smallest absolute Gasteiger partial charge is 0.374 e. The molecule has 14 heavy (non-hydrogen) atoms. The molecule has 0 radical (unpaired) electrons. The summed E-state index contributed by atoms with van der Waals surface area (Å²) < 4.78 is -1.99. The molecule has 0 aliphatic heterocycles. The lowest BCUT2D eigenvalue weighted by Crippen LogP contribution is -2.27. The molecule has 0 unspecified atom stereocenters. The summed E-state index contributed by atoms with van der Waals surface area (Å²) in [7, 11) is 0. The van der Waals surface area contributed by atoms with Crippen LogP contribution in [0.4, 0.5) is 5.69 Å². The molecule has 0 aliphatic carbocycles. The quantitative estimate of drug-likeness (QED) is 0.287. The Hall–Kier alpha value is -1.00. The average Bonchev–Trinajstić information content (AvgIpc) is 2.02. The summed E-state index contributed by atoms with van der Waals surface area (Å²) in [6, 6.07) is 6.65. The molecule has 0 spiro atoms. The maximum absolute atomic E-state index is 10.4. The first-order chi connectivity index (χ1) is 6.42. The summed E-state index contributed by atoms with van der Waals surface area (Å²) in [4.78, 5) is 9.68. The molecule has 0 bridgehead atoms. The second-order valence-corrected chi connectivity index (χ2v) is 4.29. The molecule has 0 saturated carbocycles. The van der Waals surface area contributed by atoms with Crippen molar-refractivity contribution < 1.29 is 4.92 Å². The van der Waals surface area contributed by atoms with Crippen LogP contribution >= 0.6 is 23.2 Å². The number of alkyl halides is 2. The van der Waals surface area contributed by atoms with Crippen LogP contribution in [0.2, 0.25) is 0 Å². The predicted molar refractivity (Wildman–Crippen MR) is 56.0 cm³/mol. The lowest BCUT2D eigenvalue weighted by molar-refractivity contribution is -0.515. The van der Waals surface area contributed by atoms with Crippen molar-refractivity contribution in [3.8, 4) is 0 Å². The molecule has 0 amide bonds. The van der Waals surface area contributed by atoms with E-state index in [4.69, 9.17) is 28.9 Å². The zero-order valence-corrected chi connectivity index (χ0v) is 8.63. The van der Waals surface area contributed by atoms with Gasteiger partial charge in [0.05, 0.1) is 11.3 Å². The zero-order chi connectivity index (χ0) is 10.8. The molecule has 0 atom stereocenters. The number of halogens is 2. The fourth-order valence-electron chi connectivity index (χ4n) is 1.01. The molecule has 4 nitrogen and oxygen atoms in total. The van der Waals surface area contributed by atoms with Crippen LogP contribution in [-0.2, 0) is 6.42 Å². The summed E-state index contributed by atoms with van der Waals surface area (Å²) in [6.45, 7) is 0. The lowest BCUT2D eigenvalue weighted by Gasteiger charge is -2.10. The normalized spacial score (nSPS) is 11.3. The number of nitro groups is 1. The molecule has 6 heteroatoms. The second kappa shape index (κ2) is 4.02. The number of nitrogens with zero attached hydrogens (tertiary/aromatic N) is 1. The van der Waals surface area contributed by atoms with E-state index in [9.17, 15) is 10.1 Å². The predicted octanol–water partition coefficient (Wildman–Crippen LogP) is 2.22. The van der Waals surface area contributed by atoms with Crippen LogP contribution in [-0.4, -0.2) is 9.38 Å². The van der Waals surface area contributed by atoms with Crippen molar-refractivity contribution in [2.45, 2.75) is 10.9 Å². The van der Waals surface area contributed by atoms with E-state index in [2.05, 4.69) is 0 Å². The van der Waals surface area contributed by atoms with Crippen molar-refractivity contribution in [1.29, 1.82) is 0 Å². The van der Waals surface area contributed by atoms with Gasteiger partial charge in [-0.1, -0.05) is 12.1 Å². The third-order valence-corrected chi connectivity index (χ3v) is 2.18. The van der Waals surface area contributed by atoms with Crippen molar-refractivity contribution in [3.63, 3.8) is 0 Å². The van der Waals surface area contributed by atoms with E-state index in [0.29, 0.717) is 11.3 Å². The third kappa shape index (κ3) is 2.75. The van der Waals surface area contributed by atoms with Crippen LogP contribution in [0, 0.1) is 10.1 Å². The average molecular weight is 235 g/mol. The van der Waals surface area contributed by atoms with Crippen molar-refractivity contribution in [2.75, 3.05) is 5.73 Å². The Morgan fingerprint density at radius 1 is 1.50 bits per heavy atom. The van der Waals surface area contributed by atoms with E-state index in [-0.39, 0.29) is 6.42 Å². The van der Waals surface area contributed by atoms with Gasteiger partial charge in [0.2, 0.25) is 0 Å². The highest BCUT2D eigenvalue weighted by atomic mass is 35.5. The Bertz CT molecular complexity index is 355. The van der Waals surface area contributed by atoms with Crippen LogP contribution < -0.4 is 5.73 Å². The van der Waals surface area contributed by atoms with Crippen LogP contribution in [0.25, 0.3) is 0 Å². The van der Waals surface area contributed by atoms with Gasteiger partial charge in [-0.2, -0.15) is 0 Å². The van der Waals surface area contributed by atoms with Gasteiger partial charge in [-0.15, -0.1) is 0 Å². The van der Waals surface area contributed by atoms with E-state index < -0.39 is 9.38 Å². The Morgan fingerprint density at radius 2 is 2.14 bits per heavy atom. The fourth-order valence-corrected chi connectivity index (χ4v) is 1.32. The molecule has 76 valence electrons. The molecule has 0 saturated heterocycles. The van der Waals surface area contributed by atoms with Gasteiger partial charge >= 0.3 is 4.46 Å². The van der Waals surface area contributed by atoms with Crippen molar-refractivity contribution in [1.82, 2.24) is 0 Å². The topological polar surface area (TPSA) is 69.2 Å². The number of hydrogen-bond donors (Lipinski definition) is 1. The molecular weight excluding hydrogens is 227 g/mol. The first-order valence-electron chi connectivity index (χ1n) is 3.78. The molecule has 2 N–H and O–H groups in total. The number of hydrogen-bond acceptors (Lipinski definition) is 3. The first-order valence-corrected chi connectivity index (χ1v) is 4.54. The molecule has 0 aromatic heterocycles. The van der Waals surface area contributed by atoms with Crippen LogP contribution in [0.5, 0.6) is 0 Å². The summed E-state index contributed by atoms with van der Waals surface area (Å²) in [5.41, 5.74) is 6.65. The van der Waals surface area contributed by atoms with E-state index in [0.717, 1.165) is 0 Å². The zero-order valence-electron chi connectivity index (χ0n) is 7.11. The van der Waals surface area contributed by atoms with E-state index in [1.165, 1.54) is 0 Å². The summed E-state index contributed by atoms with van der Waals surface area (Å²) in [5.74, 6) is 0. The minimum absolute atomic E-state index is 0.0752. The highest BCUT2D eigenvalue weighted by molar-refractivity contribution is 6.47. The van der Waals surface area contributed by atoms with E-state index in [1.54, 1.807) is 24.3 Å². The van der Waals surface area contributed by atoms with Crippen molar-refractivity contribution in [3.05, 3.63) is 39.9 Å². The molecule has 0 aliphatic rings. The number of rotatable bonds is 3. The van der Waals surface area contributed by atoms with Gasteiger partial charge in [-0.3, -0.25) is 10.1 Å². The highest BCUT2D eigenvalue weighted by Gasteiger charge is 2.37. The van der Waals surface area contributed by atoms with Crippen LogP contribution in [0.15, 0.2) is 24.3 Å². The minimum Gasteiger partial charge on any atom is -0.399 e. The Kier molecular flexibility index (Phi) is 3.18. The third-order valence-electron chi connectivity index (χ3n) is 1.63. The highest BCUT2D eigenvalue weighted by Crippen LogP contribution is 2.27. The largest absolute Gasteiger partial charge is 0.399 e. The van der Waals surface area contributed by atoms with Gasteiger partial charge in [0.15, 0.2) is 0 Å². The second-order valence-electron chi connectivity index (χ2n) is 2.84. The fraction of sp³-hybridized carbons (Fsp3) is 0.250. The standard InChI is InChI=1S/C8H8Cl2N2O2/c9-8(10,12(13)14)5-6-2-1-3-7(11)4-6/h1-4H,5,11H2. The van der Waals surface area contributed by atoms with Gasteiger partial charge < -0.3 is 5.73 Å². The monoisotopic (exact) mass is 234 g/mol. The molecule has 1 aromatic rings. The minimum atomic E-state index is -1.99. The molecule has 0 fully saturated rings. The summed E-state index contributed by atoms with van der Waals surface area (Å²) in [5, 5.41) is 10.4. The maximum Gasteiger partial charge on any atom is 0.374 e. The number of benzene rings is 1. The Balaban J connectivity index is 2.83. The van der Waals surface area contributed by atoms with Gasteiger partial charge in [0.1, 0.15) is 0 Å². The van der Waals surface area contributed by atoms with E-state index in [1.807, 2.05) is 0 Å². The Morgan fingerprint density at radius 3 is 2.64 bits per heavy atom. The molecular formula is C8H8Cl2N2O2.